The maximum atomic E-state index is 12.6. The molecule has 2 fully saturated rings. The zero-order chi connectivity index (χ0) is 15.9. The summed E-state index contributed by atoms with van der Waals surface area (Å²) in [6.45, 7) is 4.55. The fraction of sp³-hybridized carbons (Fsp3) is 0.588. The second-order valence-electron chi connectivity index (χ2n) is 6.87. The number of hydrogen-bond acceptors (Lipinski definition) is 3. The summed E-state index contributed by atoms with van der Waals surface area (Å²) in [4.78, 5) is 12.6. The topological polar surface area (TPSA) is 58.6 Å². The quantitative estimate of drug-likeness (QED) is 0.899. The van der Waals surface area contributed by atoms with E-state index in [0.29, 0.717) is 18.1 Å². The van der Waals surface area contributed by atoms with E-state index in [2.05, 4.69) is 5.32 Å². The first-order valence-corrected chi connectivity index (χ1v) is 8.13. The van der Waals surface area contributed by atoms with Gasteiger partial charge in [0.05, 0.1) is 18.1 Å². The van der Waals surface area contributed by atoms with E-state index in [1.54, 1.807) is 0 Å². The molecule has 1 aliphatic heterocycles. The summed E-state index contributed by atoms with van der Waals surface area (Å²) in [5.74, 6) is -0.169. The molecule has 0 bridgehead atoms. The van der Waals surface area contributed by atoms with Gasteiger partial charge in [-0.05, 0) is 30.5 Å². The number of carbonyl (C=O) groups excluding carboxylic acids is 1. The maximum Gasteiger partial charge on any atom is 0.226 e. The van der Waals surface area contributed by atoms with E-state index in [1.165, 1.54) is 0 Å². The largest absolute Gasteiger partial charge is 0.392 e. The second-order valence-corrected chi connectivity index (χ2v) is 7.31. The molecule has 1 amide bonds. The van der Waals surface area contributed by atoms with E-state index >= 15 is 0 Å². The van der Waals surface area contributed by atoms with Crippen LogP contribution in [0.3, 0.4) is 0 Å². The van der Waals surface area contributed by atoms with Crippen LogP contribution in [0.5, 0.6) is 0 Å². The molecule has 1 heterocycles. The predicted octanol–water partition coefficient (Wildman–Crippen LogP) is 2.69. The lowest BCUT2D eigenvalue weighted by Crippen LogP contribution is -2.61. The third kappa shape index (κ3) is 2.75. The van der Waals surface area contributed by atoms with Gasteiger partial charge in [-0.3, -0.25) is 4.79 Å². The van der Waals surface area contributed by atoms with Gasteiger partial charge in [0, 0.05) is 23.1 Å². The lowest BCUT2D eigenvalue weighted by atomic mass is 9.64. The molecule has 4 atom stereocenters. The zero-order valence-corrected chi connectivity index (χ0v) is 13.6. The van der Waals surface area contributed by atoms with Crippen LogP contribution in [0.15, 0.2) is 24.3 Å². The van der Waals surface area contributed by atoms with Crippen LogP contribution in [0, 0.1) is 11.3 Å². The van der Waals surface area contributed by atoms with E-state index in [1.807, 2.05) is 38.1 Å². The molecule has 2 unspecified atom stereocenters. The number of amides is 1. The molecule has 0 radical (unpaired) electrons. The van der Waals surface area contributed by atoms with Crippen molar-refractivity contribution in [2.75, 3.05) is 6.61 Å². The first-order chi connectivity index (χ1) is 10.4. The van der Waals surface area contributed by atoms with Crippen LogP contribution in [0.1, 0.15) is 38.4 Å². The van der Waals surface area contributed by atoms with Crippen LogP contribution in [0.25, 0.3) is 0 Å². The minimum atomic E-state index is -0.343. The van der Waals surface area contributed by atoms with E-state index in [9.17, 15) is 9.90 Å². The molecule has 22 heavy (non-hydrogen) atoms. The number of hydrogen-bond donors (Lipinski definition) is 2. The first-order valence-electron chi connectivity index (χ1n) is 7.75. The van der Waals surface area contributed by atoms with Gasteiger partial charge in [0.2, 0.25) is 5.91 Å². The number of aliphatic hydroxyl groups is 1. The number of benzene rings is 1. The molecule has 0 aromatic heterocycles. The normalized spacial score (nSPS) is 33.3. The van der Waals surface area contributed by atoms with Crippen LogP contribution < -0.4 is 5.32 Å². The van der Waals surface area contributed by atoms with Crippen molar-refractivity contribution >= 4 is 17.5 Å². The van der Waals surface area contributed by atoms with Crippen molar-refractivity contribution in [2.24, 2.45) is 11.3 Å². The summed E-state index contributed by atoms with van der Waals surface area (Å²) in [6.07, 6.45) is 0.780. The Hall–Kier alpha value is -1.10. The van der Waals surface area contributed by atoms with Crippen LogP contribution in [-0.2, 0) is 9.53 Å². The van der Waals surface area contributed by atoms with Gasteiger partial charge >= 0.3 is 0 Å². The van der Waals surface area contributed by atoms with Gasteiger partial charge in [0.1, 0.15) is 0 Å². The number of ether oxygens (including phenoxy) is 1. The van der Waals surface area contributed by atoms with E-state index in [0.717, 1.165) is 12.0 Å². The molecular weight excluding hydrogens is 302 g/mol. The van der Waals surface area contributed by atoms with Crippen molar-refractivity contribution in [1.29, 1.82) is 0 Å². The molecule has 2 aliphatic rings. The lowest BCUT2D eigenvalue weighted by Gasteiger charge is -2.49. The summed E-state index contributed by atoms with van der Waals surface area (Å²) in [5, 5.41) is 13.6. The minimum absolute atomic E-state index is 0.0161. The summed E-state index contributed by atoms with van der Waals surface area (Å²) in [5.41, 5.74) is 0.722. The van der Waals surface area contributed by atoms with Crippen LogP contribution in [0.2, 0.25) is 5.02 Å². The SMILES string of the molecule is CC1(C)C(O)CC1NC(=O)[C@@H]1CCO[C@H]1c1ccc(Cl)cc1. The monoisotopic (exact) mass is 323 g/mol. The van der Waals surface area contributed by atoms with Crippen LogP contribution >= 0.6 is 11.6 Å². The molecule has 120 valence electrons. The molecule has 1 saturated carbocycles. The molecule has 1 aliphatic carbocycles. The third-order valence-electron chi connectivity index (χ3n) is 5.16. The van der Waals surface area contributed by atoms with Crippen molar-refractivity contribution in [2.45, 2.75) is 44.9 Å². The Kier molecular flexibility index (Phi) is 4.19. The number of aliphatic hydroxyl groups excluding tert-OH is 1. The zero-order valence-electron chi connectivity index (χ0n) is 12.9. The van der Waals surface area contributed by atoms with Crippen LogP contribution in [0.4, 0.5) is 0 Å². The van der Waals surface area contributed by atoms with Crippen molar-refractivity contribution < 1.29 is 14.6 Å². The van der Waals surface area contributed by atoms with Gasteiger partial charge < -0.3 is 15.2 Å². The number of carbonyl (C=O) groups is 1. The Morgan fingerprint density at radius 2 is 2.05 bits per heavy atom. The Morgan fingerprint density at radius 3 is 2.64 bits per heavy atom. The average molecular weight is 324 g/mol. The molecule has 0 spiro atoms. The maximum absolute atomic E-state index is 12.6. The summed E-state index contributed by atoms with van der Waals surface area (Å²) in [6, 6.07) is 7.49. The number of halogens is 1. The van der Waals surface area contributed by atoms with E-state index < -0.39 is 0 Å². The lowest BCUT2D eigenvalue weighted by molar-refractivity contribution is -0.134. The number of rotatable bonds is 3. The second kappa shape index (κ2) is 5.84. The van der Waals surface area contributed by atoms with Crippen molar-refractivity contribution in [3.63, 3.8) is 0 Å². The Balaban J connectivity index is 1.68. The molecular formula is C17H22ClNO3. The fourth-order valence-electron chi connectivity index (χ4n) is 3.27. The van der Waals surface area contributed by atoms with E-state index in [4.69, 9.17) is 16.3 Å². The summed E-state index contributed by atoms with van der Waals surface area (Å²) < 4.78 is 5.77. The Morgan fingerprint density at radius 1 is 1.36 bits per heavy atom. The van der Waals surface area contributed by atoms with Gasteiger partial charge in [-0.15, -0.1) is 0 Å². The highest BCUT2D eigenvalue weighted by atomic mass is 35.5. The summed E-state index contributed by atoms with van der Waals surface area (Å²) in [7, 11) is 0. The molecule has 3 rings (SSSR count). The first kappa shape index (κ1) is 15.8. The molecule has 1 aromatic rings. The van der Waals surface area contributed by atoms with Gasteiger partial charge in [-0.25, -0.2) is 0 Å². The smallest absolute Gasteiger partial charge is 0.226 e. The van der Waals surface area contributed by atoms with Crippen LogP contribution in [-0.4, -0.2) is 29.8 Å². The molecule has 4 nitrogen and oxygen atoms in total. The number of nitrogens with one attached hydrogen (secondary N) is 1. The Labute approximate surface area is 135 Å². The molecule has 5 heteroatoms. The highest BCUT2D eigenvalue weighted by Crippen LogP contribution is 2.41. The Bertz CT molecular complexity index is 558. The van der Waals surface area contributed by atoms with Crippen molar-refractivity contribution in [1.82, 2.24) is 5.32 Å². The minimum Gasteiger partial charge on any atom is -0.392 e. The van der Waals surface area contributed by atoms with Gasteiger partial charge in [-0.1, -0.05) is 37.6 Å². The van der Waals surface area contributed by atoms with Gasteiger partial charge in [-0.2, -0.15) is 0 Å². The van der Waals surface area contributed by atoms with E-state index in [-0.39, 0.29) is 35.5 Å². The van der Waals surface area contributed by atoms with Gasteiger partial charge in [0.25, 0.3) is 0 Å². The molecule has 1 aromatic carbocycles. The van der Waals surface area contributed by atoms with Gasteiger partial charge in [0.15, 0.2) is 0 Å². The molecule has 1 saturated heterocycles. The highest BCUT2D eigenvalue weighted by Gasteiger charge is 2.49. The summed E-state index contributed by atoms with van der Waals surface area (Å²) >= 11 is 5.91. The predicted molar refractivity (Wildman–Crippen MR) is 84.6 cm³/mol. The standard InChI is InChI=1S/C17H22ClNO3/c1-17(2)13(9-14(17)20)19-16(21)12-7-8-22-15(12)10-3-5-11(18)6-4-10/h3-6,12-15,20H,7-9H2,1-2H3,(H,19,21)/t12-,13?,14?,15+/m1/s1. The molecule has 2 N–H and O–H groups in total. The average Bonchev–Trinajstić information content (AvgIpc) is 2.97. The van der Waals surface area contributed by atoms with Crippen molar-refractivity contribution in [3.05, 3.63) is 34.9 Å². The third-order valence-corrected chi connectivity index (χ3v) is 5.41. The highest BCUT2D eigenvalue weighted by molar-refractivity contribution is 6.30. The fourth-order valence-corrected chi connectivity index (χ4v) is 3.39. The van der Waals surface area contributed by atoms with Crippen molar-refractivity contribution in [3.8, 4) is 0 Å².